The second-order valence-electron chi connectivity index (χ2n) is 8.58. The van der Waals surface area contributed by atoms with Crippen LogP contribution in [0, 0.1) is 0 Å². The summed E-state index contributed by atoms with van der Waals surface area (Å²) in [6.07, 6.45) is 6.35. The van der Waals surface area contributed by atoms with Crippen molar-refractivity contribution in [1.82, 2.24) is 19.7 Å². The molecule has 0 unspecified atom stereocenters. The molecular formula is C24H32N4O2S. The van der Waals surface area contributed by atoms with Gasteiger partial charge in [-0.3, -0.25) is 14.6 Å². The van der Waals surface area contributed by atoms with Crippen molar-refractivity contribution in [3.8, 4) is 0 Å². The number of carbonyl (C=O) groups excluding carboxylic acids is 2. The minimum Gasteiger partial charge on any atom is -0.343 e. The first-order valence-electron chi connectivity index (χ1n) is 11.3. The maximum Gasteiger partial charge on any atom is 0.223 e. The number of piperidine rings is 1. The second-order valence-corrected chi connectivity index (χ2v) is 9.58. The van der Waals surface area contributed by atoms with Gasteiger partial charge in [-0.15, -0.1) is 11.3 Å². The highest BCUT2D eigenvalue weighted by Gasteiger charge is 2.27. The van der Waals surface area contributed by atoms with Gasteiger partial charge in [-0.1, -0.05) is 6.07 Å². The van der Waals surface area contributed by atoms with E-state index in [9.17, 15) is 9.59 Å². The summed E-state index contributed by atoms with van der Waals surface area (Å²) in [5.41, 5.74) is 2.40. The summed E-state index contributed by atoms with van der Waals surface area (Å²) in [5.74, 6) is 0.191. The van der Waals surface area contributed by atoms with Gasteiger partial charge in [-0.2, -0.15) is 0 Å². The molecule has 1 fully saturated rings. The minimum absolute atomic E-state index is 0.0912. The summed E-state index contributed by atoms with van der Waals surface area (Å²) >= 11 is 1.77. The van der Waals surface area contributed by atoms with Crippen LogP contribution in [0.5, 0.6) is 0 Å². The van der Waals surface area contributed by atoms with E-state index in [1.54, 1.807) is 11.3 Å². The molecule has 2 amide bonds. The molecule has 0 aliphatic carbocycles. The Morgan fingerprint density at radius 3 is 2.77 bits per heavy atom. The largest absolute Gasteiger partial charge is 0.343 e. The summed E-state index contributed by atoms with van der Waals surface area (Å²) in [4.78, 5) is 37.4. The molecular weight excluding hydrogens is 408 g/mol. The predicted molar refractivity (Wildman–Crippen MR) is 123 cm³/mol. The quantitative estimate of drug-likeness (QED) is 0.664. The molecule has 0 bridgehead atoms. The fourth-order valence-electron chi connectivity index (χ4n) is 4.56. The number of thiophene rings is 1. The highest BCUT2D eigenvalue weighted by molar-refractivity contribution is 7.10. The van der Waals surface area contributed by atoms with Crippen molar-refractivity contribution in [2.45, 2.75) is 51.1 Å². The highest BCUT2D eigenvalue weighted by atomic mass is 32.1. The zero-order chi connectivity index (χ0) is 21.6. The van der Waals surface area contributed by atoms with Gasteiger partial charge >= 0.3 is 0 Å². The molecule has 0 radical (unpaired) electrons. The van der Waals surface area contributed by atoms with Gasteiger partial charge in [0.05, 0.1) is 0 Å². The van der Waals surface area contributed by atoms with Gasteiger partial charge < -0.3 is 14.7 Å². The molecule has 0 aromatic carbocycles. The van der Waals surface area contributed by atoms with E-state index >= 15 is 0 Å². The Labute approximate surface area is 188 Å². The molecule has 2 aliphatic heterocycles. The number of likely N-dealkylation sites (tertiary alicyclic amines) is 1. The van der Waals surface area contributed by atoms with E-state index in [-0.39, 0.29) is 17.9 Å². The number of hydrogen-bond acceptors (Lipinski definition) is 5. The molecule has 0 spiro atoms. The number of hydrogen-bond donors (Lipinski definition) is 0. The van der Waals surface area contributed by atoms with Crippen LogP contribution >= 0.6 is 11.3 Å². The molecule has 4 rings (SSSR count). The first-order chi connectivity index (χ1) is 15.1. The van der Waals surface area contributed by atoms with Crippen molar-refractivity contribution < 1.29 is 9.59 Å². The van der Waals surface area contributed by atoms with Crippen LogP contribution in [-0.4, -0.2) is 70.8 Å². The van der Waals surface area contributed by atoms with Crippen LogP contribution in [0.4, 0.5) is 0 Å². The average molecular weight is 441 g/mol. The van der Waals surface area contributed by atoms with Crippen molar-refractivity contribution in [3.05, 3.63) is 52.0 Å². The molecule has 2 aromatic heterocycles. The lowest BCUT2D eigenvalue weighted by Crippen LogP contribution is -2.46. The van der Waals surface area contributed by atoms with E-state index in [1.165, 1.54) is 10.4 Å². The Bertz CT molecular complexity index is 877. The predicted octanol–water partition coefficient (Wildman–Crippen LogP) is 2.97. The van der Waals surface area contributed by atoms with Crippen molar-refractivity contribution >= 4 is 23.2 Å². The SMILES string of the molecule is CN(C(=O)CCC(=O)N1CCc2sccc2C1)C1CCN(CCc2ccccn2)CC1. The maximum atomic E-state index is 12.7. The average Bonchev–Trinajstić information content (AvgIpc) is 3.29. The van der Waals surface area contributed by atoms with Crippen LogP contribution in [0.1, 0.15) is 41.8 Å². The van der Waals surface area contributed by atoms with Crippen molar-refractivity contribution in [2.24, 2.45) is 0 Å². The van der Waals surface area contributed by atoms with E-state index in [4.69, 9.17) is 0 Å². The molecule has 0 atom stereocenters. The molecule has 0 N–H and O–H groups in total. The fraction of sp³-hybridized carbons (Fsp3) is 0.542. The lowest BCUT2D eigenvalue weighted by Gasteiger charge is -2.37. The number of pyridine rings is 1. The molecule has 31 heavy (non-hydrogen) atoms. The summed E-state index contributed by atoms with van der Waals surface area (Å²) in [5, 5.41) is 2.10. The molecule has 7 heteroatoms. The summed E-state index contributed by atoms with van der Waals surface area (Å²) in [6, 6.07) is 8.44. The third-order valence-electron chi connectivity index (χ3n) is 6.62. The number of nitrogens with zero attached hydrogens (tertiary/aromatic N) is 4. The Hall–Kier alpha value is -2.25. The normalized spacial score (nSPS) is 17.4. The van der Waals surface area contributed by atoms with Crippen LogP contribution in [0.25, 0.3) is 0 Å². The molecule has 2 aliphatic rings. The molecule has 1 saturated heterocycles. The van der Waals surface area contributed by atoms with E-state index in [2.05, 4.69) is 27.4 Å². The Balaban J connectivity index is 1.16. The summed E-state index contributed by atoms with van der Waals surface area (Å²) in [6.45, 7) is 4.49. The minimum atomic E-state index is 0.0912. The molecule has 2 aromatic rings. The van der Waals surface area contributed by atoms with Gasteiger partial charge in [0.1, 0.15) is 0 Å². The van der Waals surface area contributed by atoms with Crippen LogP contribution in [0.3, 0.4) is 0 Å². The van der Waals surface area contributed by atoms with E-state index in [0.29, 0.717) is 19.4 Å². The summed E-state index contributed by atoms with van der Waals surface area (Å²) < 4.78 is 0. The fourth-order valence-corrected chi connectivity index (χ4v) is 5.45. The number of fused-ring (bicyclic) bond motifs is 1. The topological polar surface area (TPSA) is 56.8 Å². The maximum absolute atomic E-state index is 12.7. The van der Waals surface area contributed by atoms with E-state index in [1.807, 2.05) is 35.2 Å². The van der Waals surface area contributed by atoms with Crippen molar-refractivity contribution in [2.75, 3.05) is 33.2 Å². The number of aromatic nitrogens is 1. The lowest BCUT2D eigenvalue weighted by molar-refractivity contribution is -0.138. The van der Waals surface area contributed by atoms with Gasteiger partial charge in [0.2, 0.25) is 11.8 Å². The van der Waals surface area contributed by atoms with E-state index < -0.39 is 0 Å². The molecule has 6 nitrogen and oxygen atoms in total. The number of carbonyl (C=O) groups is 2. The van der Waals surface area contributed by atoms with Crippen molar-refractivity contribution in [3.63, 3.8) is 0 Å². The lowest BCUT2D eigenvalue weighted by atomic mass is 10.0. The second kappa shape index (κ2) is 10.4. The van der Waals surface area contributed by atoms with E-state index in [0.717, 1.165) is 57.6 Å². The van der Waals surface area contributed by atoms with Crippen LogP contribution in [-0.2, 0) is 29.0 Å². The Kier molecular flexibility index (Phi) is 7.35. The van der Waals surface area contributed by atoms with Crippen LogP contribution in [0.15, 0.2) is 35.8 Å². The Morgan fingerprint density at radius 2 is 2.00 bits per heavy atom. The smallest absolute Gasteiger partial charge is 0.223 e. The monoisotopic (exact) mass is 440 g/mol. The third kappa shape index (κ3) is 5.71. The van der Waals surface area contributed by atoms with Crippen LogP contribution in [0.2, 0.25) is 0 Å². The van der Waals surface area contributed by atoms with Crippen molar-refractivity contribution in [1.29, 1.82) is 0 Å². The summed E-state index contributed by atoms with van der Waals surface area (Å²) in [7, 11) is 1.90. The highest BCUT2D eigenvalue weighted by Crippen LogP contribution is 2.24. The first-order valence-corrected chi connectivity index (χ1v) is 12.2. The number of amides is 2. The zero-order valence-electron chi connectivity index (χ0n) is 18.3. The van der Waals surface area contributed by atoms with Crippen LogP contribution < -0.4 is 0 Å². The number of rotatable bonds is 7. The van der Waals surface area contributed by atoms with Gasteiger partial charge in [0, 0.05) is 81.8 Å². The van der Waals surface area contributed by atoms with Gasteiger partial charge in [0.15, 0.2) is 0 Å². The Morgan fingerprint density at radius 1 is 1.16 bits per heavy atom. The van der Waals surface area contributed by atoms with Gasteiger partial charge in [0.25, 0.3) is 0 Å². The van der Waals surface area contributed by atoms with Gasteiger partial charge in [-0.05, 0) is 48.4 Å². The van der Waals surface area contributed by atoms with Gasteiger partial charge in [-0.25, -0.2) is 0 Å². The molecule has 0 saturated carbocycles. The first kappa shape index (κ1) is 22.0. The third-order valence-corrected chi connectivity index (χ3v) is 7.64. The zero-order valence-corrected chi connectivity index (χ0v) is 19.1. The molecule has 166 valence electrons. The standard InChI is InChI=1S/C24H32N4O2S/c1-26(21-8-14-27(15-9-21)13-7-20-4-2-3-12-25-20)23(29)5-6-24(30)28-16-10-22-19(18-28)11-17-31-22/h2-4,11-12,17,21H,5-10,13-16,18H2,1H3. The molecule has 4 heterocycles.